The number of rotatable bonds is 11. The molecule has 5 fully saturated rings. The molecule has 4 bridgehead atoms. The van der Waals surface area contributed by atoms with Gasteiger partial charge in [-0.3, -0.25) is 0 Å². The van der Waals surface area contributed by atoms with E-state index < -0.39 is 6.29 Å². The molecule has 8 heteroatoms. The van der Waals surface area contributed by atoms with E-state index in [4.69, 9.17) is 14.2 Å². The summed E-state index contributed by atoms with van der Waals surface area (Å²) in [4.78, 5) is 14.2. The normalized spacial score (nSPS) is 28.0. The second kappa shape index (κ2) is 15.0. The summed E-state index contributed by atoms with van der Waals surface area (Å²) in [5.41, 5.74) is 6.17. The van der Waals surface area contributed by atoms with Gasteiger partial charge in [0.25, 0.3) is 0 Å². The summed E-state index contributed by atoms with van der Waals surface area (Å²) in [6.07, 6.45) is 7.53. The Kier molecular flexibility index (Phi) is 10.1. The number of para-hydroxylation sites is 1. The third-order valence-electron chi connectivity index (χ3n) is 11.4. The second-order valence-electron chi connectivity index (χ2n) is 15.1. The van der Waals surface area contributed by atoms with Gasteiger partial charge in [0.05, 0.1) is 25.9 Å². The molecule has 51 heavy (non-hydrogen) atoms. The number of thioether (sulfide) groups is 1. The highest BCUT2D eigenvalue weighted by Crippen LogP contribution is 2.55. The lowest BCUT2D eigenvalue weighted by Gasteiger charge is -2.56. The van der Waals surface area contributed by atoms with Crippen LogP contribution in [0, 0.1) is 17.8 Å². The van der Waals surface area contributed by atoms with Gasteiger partial charge >= 0.3 is 6.03 Å². The molecule has 0 spiro atoms. The van der Waals surface area contributed by atoms with E-state index in [0.717, 1.165) is 93.2 Å². The maximum atomic E-state index is 13.1. The molecule has 1 aliphatic heterocycles. The Morgan fingerprint density at radius 1 is 0.804 bits per heavy atom. The number of nitrogens with one attached hydrogen (secondary N) is 2. The van der Waals surface area contributed by atoms with E-state index in [0.29, 0.717) is 6.54 Å². The van der Waals surface area contributed by atoms with Gasteiger partial charge in [0.2, 0.25) is 0 Å². The van der Waals surface area contributed by atoms with Gasteiger partial charge in [-0.2, -0.15) is 0 Å². The van der Waals surface area contributed by atoms with Crippen LogP contribution in [-0.4, -0.2) is 35.6 Å². The summed E-state index contributed by atoms with van der Waals surface area (Å²) in [5.74, 6) is 4.01. The third kappa shape index (κ3) is 7.85. The summed E-state index contributed by atoms with van der Waals surface area (Å²) < 4.78 is 18.8. The van der Waals surface area contributed by atoms with Gasteiger partial charge in [0.15, 0.2) is 6.29 Å². The van der Waals surface area contributed by atoms with E-state index in [1.807, 2.05) is 42.5 Å². The number of benzene rings is 4. The predicted molar refractivity (Wildman–Crippen MR) is 200 cm³/mol. The van der Waals surface area contributed by atoms with E-state index in [2.05, 4.69) is 65.2 Å². The van der Waals surface area contributed by atoms with E-state index in [1.54, 1.807) is 18.9 Å². The van der Waals surface area contributed by atoms with Gasteiger partial charge in [0.1, 0.15) is 5.75 Å². The van der Waals surface area contributed by atoms with Crippen LogP contribution in [0.15, 0.2) is 102 Å². The molecule has 1 heterocycles. The molecule has 2 amide bonds. The number of aliphatic hydroxyl groups excluding tert-OH is 1. The molecule has 0 radical (unpaired) electrons. The molecular formula is C43H48N2O5S. The number of aliphatic hydroxyl groups is 1. The smallest absolute Gasteiger partial charge is 0.315 e. The number of carbonyl (C=O) groups excluding carboxylic acids is 1. The molecule has 4 aromatic carbocycles. The Morgan fingerprint density at radius 2 is 1.51 bits per heavy atom. The SMILES string of the molecule is COc1ccccc1SCC1CC(c2ccc(CO)cc2)OC(c2ccc(-c3cccc(CNC(=O)NC45CC6CC(CC(C6)C4)C5)c3)cc2)O1. The molecule has 0 aromatic heterocycles. The maximum Gasteiger partial charge on any atom is 0.315 e. The highest BCUT2D eigenvalue weighted by molar-refractivity contribution is 7.99. The zero-order valence-electron chi connectivity index (χ0n) is 29.3. The number of hydrogen-bond donors (Lipinski definition) is 3. The fourth-order valence-corrected chi connectivity index (χ4v) is 10.4. The van der Waals surface area contributed by atoms with Gasteiger partial charge in [-0.25, -0.2) is 4.79 Å². The van der Waals surface area contributed by atoms with Crippen molar-refractivity contribution in [3.63, 3.8) is 0 Å². The van der Waals surface area contributed by atoms with Crippen molar-refractivity contribution >= 4 is 17.8 Å². The number of urea groups is 1. The van der Waals surface area contributed by atoms with Crippen LogP contribution in [0.2, 0.25) is 0 Å². The number of amides is 2. The molecule has 3 N–H and O–H groups in total. The predicted octanol–water partition coefficient (Wildman–Crippen LogP) is 8.96. The lowest BCUT2D eigenvalue weighted by molar-refractivity contribution is -0.245. The zero-order valence-corrected chi connectivity index (χ0v) is 30.1. The van der Waals surface area contributed by atoms with Crippen LogP contribution in [0.5, 0.6) is 5.75 Å². The van der Waals surface area contributed by atoms with E-state index in [-0.39, 0.29) is 30.4 Å². The Labute approximate surface area is 305 Å². The van der Waals surface area contributed by atoms with Gasteiger partial charge in [-0.1, -0.05) is 78.9 Å². The van der Waals surface area contributed by atoms with Crippen molar-refractivity contribution in [3.8, 4) is 16.9 Å². The second-order valence-corrected chi connectivity index (χ2v) is 16.2. The number of carbonyl (C=O) groups is 1. The first kappa shape index (κ1) is 34.3. The van der Waals surface area contributed by atoms with Crippen molar-refractivity contribution in [3.05, 3.63) is 119 Å². The molecule has 4 saturated carbocycles. The van der Waals surface area contributed by atoms with Gasteiger partial charge in [-0.15, -0.1) is 11.8 Å². The molecule has 9 rings (SSSR count). The number of ether oxygens (including phenoxy) is 3. The molecule has 3 unspecified atom stereocenters. The van der Waals surface area contributed by atoms with Crippen molar-refractivity contribution in [1.82, 2.24) is 10.6 Å². The number of hydrogen-bond acceptors (Lipinski definition) is 6. The van der Waals surface area contributed by atoms with Crippen LogP contribution in [-0.2, 0) is 22.6 Å². The average molecular weight is 705 g/mol. The Bertz CT molecular complexity index is 1780. The van der Waals surface area contributed by atoms with Crippen molar-refractivity contribution in [2.45, 2.75) is 87.0 Å². The van der Waals surface area contributed by atoms with Crippen LogP contribution in [0.4, 0.5) is 4.79 Å². The first-order chi connectivity index (χ1) is 24.9. The first-order valence-corrected chi connectivity index (χ1v) is 19.4. The largest absolute Gasteiger partial charge is 0.496 e. The first-order valence-electron chi connectivity index (χ1n) is 18.5. The summed E-state index contributed by atoms with van der Waals surface area (Å²) in [7, 11) is 1.70. The van der Waals surface area contributed by atoms with E-state index >= 15 is 0 Å². The lowest BCUT2D eigenvalue weighted by atomic mass is 9.53. The van der Waals surface area contributed by atoms with Crippen molar-refractivity contribution in [1.29, 1.82) is 0 Å². The maximum absolute atomic E-state index is 13.1. The van der Waals surface area contributed by atoms with Crippen molar-refractivity contribution in [2.24, 2.45) is 17.8 Å². The summed E-state index contributed by atoms with van der Waals surface area (Å²) >= 11 is 1.73. The minimum Gasteiger partial charge on any atom is -0.496 e. The summed E-state index contributed by atoms with van der Waals surface area (Å²) in [5, 5.41) is 16.2. The fraction of sp³-hybridized carbons (Fsp3) is 0.419. The monoisotopic (exact) mass is 704 g/mol. The highest BCUT2D eigenvalue weighted by atomic mass is 32.2. The van der Waals surface area contributed by atoms with E-state index in [9.17, 15) is 9.90 Å². The van der Waals surface area contributed by atoms with Crippen LogP contribution in [0.25, 0.3) is 11.1 Å². The molecule has 266 valence electrons. The fourth-order valence-electron chi connectivity index (χ4n) is 9.37. The molecule has 5 aliphatic rings. The van der Waals surface area contributed by atoms with E-state index in [1.165, 1.54) is 19.3 Å². The molecule has 3 atom stereocenters. The van der Waals surface area contributed by atoms with Gasteiger partial charge < -0.3 is 30.0 Å². The number of methoxy groups -OCH3 is 1. The Morgan fingerprint density at radius 3 is 2.22 bits per heavy atom. The lowest BCUT2D eigenvalue weighted by Crippen LogP contribution is -2.61. The zero-order chi connectivity index (χ0) is 34.8. The van der Waals surface area contributed by atoms with Crippen LogP contribution < -0.4 is 15.4 Å². The Balaban J connectivity index is 0.926. The highest BCUT2D eigenvalue weighted by Gasteiger charge is 2.51. The minimum atomic E-state index is -0.526. The molecule has 4 aliphatic carbocycles. The molecule has 7 nitrogen and oxygen atoms in total. The minimum absolute atomic E-state index is 0.00699. The topological polar surface area (TPSA) is 89.0 Å². The Hall–Kier alpha value is -3.82. The van der Waals surface area contributed by atoms with Gasteiger partial charge in [-0.05, 0) is 102 Å². The average Bonchev–Trinajstić information content (AvgIpc) is 3.16. The van der Waals surface area contributed by atoms with Crippen LogP contribution >= 0.6 is 11.8 Å². The van der Waals surface area contributed by atoms with Crippen molar-refractivity contribution < 1.29 is 24.1 Å². The van der Waals surface area contributed by atoms with Crippen LogP contribution in [0.1, 0.15) is 79.6 Å². The summed E-state index contributed by atoms with van der Waals surface area (Å²) in [6.45, 7) is 0.501. The summed E-state index contributed by atoms with van der Waals surface area (Å²) in [6, 6.07) is 32.8. The molecule has 1 saturated heterocycles. The van der Waals surface area contributed by atoms with Gasteiger partial charge in [0, 0.05) is 34.7 Å². The third-order valence-corrected chi connectivity index (χ3v) is 12.6. The quantitative estimate of drug-likeness (QED) is 0.135. The van der Waals surface area contributed by atoms with Crippen molar-refractivity contribution in [2.75, 3.05) is 12.9 Å². The standard InChI is InChI=1S/C43H48N2O5S/c1-48-38-7-2-3-8-40(38)51-27-37-21-39(34-11-9-28(26-46)10-12-34)50-41(49-37)35-15-13-33(14-16-35)36-6-4-5-29(20-36)25-44-42(47)45-43-22-30-17-31(23-43)19-32(18-30)24-43/h2-16,20,30-32,37,39,41,46H,17-19,21-27H2,1H3,(H2,44,45,47). The van der Waals surface area contributed by atoms with Crippen LogP contribution in [0.3, 0.4) is 0 Å². The molecular weight excluding hydrogens is 657 g/mol. The molecule has 4 aromatic rings.